The van der Waals surface area contributed by atoms with E-state index in [1.54, 1.807) is 12.1 Å². The summed E-state index contributed by atoms with van der Waals surface area (Å²) in [6, 6.07) is 14.0. The predicted molar refractivity (Wildman–Crippen MR) is 84.2 cm³/mol. The molecule has 1 unspecified atom stereocenters. The van der Waals surface area contributed by atoms with Crippen LogP contribution in [-0.2, 0) is 10.0 Å². The lowest BCUT2D eigenvalue weighted by Gasteiger charge is -2.16. The predicted octanol–water partition coefficient (Wildman–Crippen LogP) is 2.49. The molecule has 0 bridgehead atoms. The van der Waals surface area contributed by atoms with Crippen LogP contribution in [0.4, 0.5) is 5.69 Å². The molecule has 1 atom stereocenters. The second-order valence-electron chi connectivity index (χ2n) is 4.71. The smallest absolute Gasteiger partial charge is 0.238 e. The van der Waals surface area contributed by atoms with E-state index in [9.17, 15) is 8.42 Å². The largest absolute Gasteiger partial charge is 0.378 e. The number of benzene rings is 2. The maximum atomic E-state index is 11.2. The molecule has 108 valence electrons. The molecular weight excluding hydrogens is 284 g/mol. The van der Waals surface area contributed by atoms with Crippen LogP contribution >= 0.6 is 0 Å². The van der Waals surface area contributed by atoms with Gasteiger partial charge in [-0.15, -0.1) is 6.42 Å². The number of nitrogens with two attached hydrogens (primary N) is 1. The lowest BCUT2D eigenvalue weighted by Crippen LogP contribution is -2.12. The van der Waals surface area contributed by atoms with Crippen LogP contribution in [0.15, 0.2) is 53.4 Å². The molecule has 0 aliphatic heterocycles. The number of rotatable bonds is 4. The molecular formula is C16H16N2O2S. The lowest BCUT2D eigenvalue weighted by molar-refractivity contribution is 0.597. The van der Waals surface area contributed by atoms with Crippen LogP contribution in [0.3, 0.4) is 0 Å². The molecule has 0 spiro atoms. The molecule has 0 aromatic heterocycles. The Kier molecular flexibility index (Phi) is 4.32. The van der Waals surface area contributed by atoms with Gasteiger partial charge in [0.25, 0.3) is 0 Å². The van der Waals surface area contributed by atoms with Gasteiger partial charge in [0.1, 0.15) is 0 Å². The highest BCUT2D eigenvalue weighted by Gasteiger charge is 2.10. The molecule has 0 heterocycles. The van der Waals surface area contributed by atoms with Crippen molar-refractivity contribution in [2.45, 2.75) is 17.9 Å². The van der Waals surface area contributed by atoms with Crippen LogP contribution in [-0.4, -0.2) is 8.42 Å². The molecule has 0 fully saturated rings. The minimum atomic E-state index is -3.66. The number of nitrogens with one attached hydrogen (secondary N) is 1. The molecule has 21 heavy (non-hydrogen) atoms. The lowest BCUT2D eigenvalue weighted by atomic mass is 10.1. The summed E-state index contributed by atoms with van der Waals surface area (Å²) in [7, 11) is -3.66. The first-order valence-electron chi connectivity index (χ1n) is 6.36. The van der Waals surface area contributed by atoms with Gasteiger partial charge < -0.3 is 5.32 Å². The molecule has 0 saturated heterocycles. The van der Waals surface area contributed by atoms with Gasteiger partial charge in [0.15, 0.2) is 0 Å². The molecule has 4 nitrogen and oxygen atoms in total. The Balaban J connectivity index is 2.17. The summed E-state index contributed by atoms with van der Waals surface area (Å²) in [6.45, 7) is 1.98. The molecule has 0 aliphatic rings. The Labute approximate surface area is 125 Å². The Morgan fingerprint density at radius 2 is 1.86 bits per heavy atom. The third-order valence-corrected chi connectivity index (χ3v) is 4.05. The third kappa shape index (κ3) is 3.85. The van der Waals surface area contributed by atoms with Crippen molar-refractivity contribution in [3.8, 4) is 12.3 Å². The van der Waals surface area contributed by atoms with Gasteiger partial charge in [-0.2, -0.15) is 0 Å². The van der Waals surface area contributed by atoms with Gasteiger partial charge in [-0.3, -0.25) is 0 Å². The molecule has 5 heteroatoms. The van der Waals surface area contributed by atoms with Gasteiger partial charge in [-0.25, -0.2) is 13.6 Å². The zero-order valence-corrected chi connectivity index (χ0v) is 12.4. The zero-order valence-electron chi connectivity index (χ0n) is 11.6. The number of primary sulfonamides is 1. The molecule has 0 aliphatic carbocycles. The van der Waals surface area contributed by atoms with Crippen molar-refractivity contribution >= 4 is 15.7 Å². The molecule has 0 amide bonds. The van der Waals surface area contributed by atoms with E-state index in [1.165, 1.54) is 12.1 Å². The van der Waals surface area contributed by atoms with Crippen LogP contribution in [0.5, 0.6) is 0 Å². The van der Waals surface area contributed by atoms with Crippen LogP contribution < -0.4 is 10.5 Å². The maximum Gasteiger partial charge on any atom is 0.238 e. The monoisotopic (exact) mass is 300 g/mol. The zero-order chi connectivity index (χ0) is 15.5. The SMILES string of the molecule is C#Cc1cccc(NC(C)c2ccc(S(N)(=O)=O)cc2)c1. The average molecular weight is 300 g/mol. The number of terminal acetylenes is 1. The maximum absolute atomic E-state index is 11.2. The minimum absolute atomic E-state index is 0.00699. The van der Waals surface area contributed by atoms with Gasteiger partial charge in [0, 0.05) is 17.3 Å². The summed E-state index contributed by atoms with van der Waals surface area (Å²) < 4.78 is 22.4. The van der Waals surface area contributed by atoms with E-state index in [2.05, 4.69) is 11.2 Å². The van der Waals surface area contributed by atoms with Crippen molar-refractivity contribution in [2.24, 2.45) is 5.14 Å². The summed E-state index contributed by atoms with van der Waals surface area (Å²) in [5.74, 6) is 2.58. The van der Waals surface area contributed by atoms with Crippen LogP contribution in [0.1, 0.15) is 24.1 Å². The molecule has 2 aromatic carbocycles. The van der Waals surface area contributed by atoms with E-state index in [0.29, 0.717) is 0 Å². The standard InChI is InChI=1S/C16H16N2O2S/c1-3-13-5-4-6-15(11-13)18-12(2)14-7-9-16(10-8-14)21(17,19)20/h1,4-12,18H,2H3,(H2,17,19,20). The van der Waals surface area contributed by atoms with Crippen molar-refractivity contribution < 1.29 is 8.42 Å². The second kappa shape index (κ2) is 6.00. The topological polar surface area (TPSA) is 72.2 Å². The Morgan fingerprint density at radius 1 is 1.19 bits per heavy atom. The normalized spacial score (nSPS) is 12.4. The highest BCUT2D eigenvalue weighted by atomic mass is 32.2. The quantitative estimate of drug-likeness (QED) is 0.852. The first kappa shape index (κ1) is 15.1. The highest BCUT2D eigenvalue weighted by molar-refractivity contribution is 7.89. The van der Waals surface area contributed by atoms with Crippen LogP contribution in [0, 0.1) is 12.3 Å². The summed E-state index contributed by atoms with van der Waals surface area (Å²) >= 11 is 0. The van der Waals surface area contributed by atoms with E-state index >= 15 is 0 Å². The van der Waals surface area contributed by atoms with Gasteiger partial charge in [0.05, 0.1) is 4.90 Å². The highest BCUT2D eigenvalue weighted by Crippen LogP contribution is 2.21. The number of anilines is 1. The molecule has 2 rings (SSSR count). The van der Waals surface area contributed by atoms with Crippen molar-refractivity contribution in [1.82, 2.24) is 0 Å². The molecule has 3 N–H and O–H groups in total. The summed E-state index contributed by atoms with van der Waals surface area (Å²) in [6.07, 6.45) is 5.37. The number of sulfonamides is 1. The van der Waals surface area contributed by atoms with E-state index in [4.69, 9.17) is 11.6 Å². The van der Waals surface area contributed by atoms with Gasteiger partial charge in [-0.1, -0.05) is 24.1 Å². The number of hydrogen-bond donors (Lipinski definition) is 2. The van der Waals surface area contributed by atoms with Crippen molar-refractivity contribution in [3.05, 3.63) is 59.7 Å². The summed E-state index contributed by atoms with van der Waals surface area (Å²) in [5.41, 5.74) is 2.67. The first-order chi connectivity index (χ1) is 9.90. The van der Waals surface area contributed by atoms with Crippen LogP contribution in [0.25, 0.3) is 0 Å². The van der Waals surface area contributed by atoms with E-state index in [-0.39, 0.29) is 10.9 Å². The first-order valence-corrected chi connectivity index (χ1v) is 7.91. The minimum Gasteiger partial charge on any atom is -0.378 e. The van der Waals surface area contributed by atoms with Crippen molar-refractivity contribution in [3.63, 3.8) is 0 Å². The fourth-order valence-electron chi connectivity index (χ4n) is 1.98. The van der Waals surface area contributed by atoms with E-state index < -0.39 is 10.0 Å². The Bertz CT molecular complexity index is 775. The van der Waals surface area contributed by atoms with Gasteiger partial charge in [-0.05, 0) is 42.8 Å². The molecule has 2 aromatic rings. The van der Waals surface area contributed by atoms with Gasteiger partial charge in [0.2, 0.25) is 10.0 Å². The Morgan fingerprint density at radius 3 is 2.43 bits per heavy atom. The number of hydrogen-bond acceptors (Lipinski definition) is 3. The van der Waals surface area contributed by atoms with E-state index in [1.807, 2.05) is 31.2 Å². The third-order valence-electron chi connectivity index (χ3n) is 3.12. The fourth-order valence-corrected chi connectivity index (χ4v) is 2.49. The molecule has 0 radical (unpaired) electrons. The van der Waals surface area contributed by atoms with Crippen LogP contribution in [0.2, 0.25) is 0 Å². The van der Waals surface area contributed by atoms with Crippen molar-refractivity contribution in [1.29, 1.82) is 0 Å². The Hall–Kier alpha value is -2.29. The fraction of sp³-hybridized carbons (Fsp3) is 0.125. The average Bonchev–Trinajstić information content (AvgIpc) is 2.46. The van der Waals surface area contributed by atoms with Crippen molar-refractivity contribution in [2.75, 3.05) is 5.32 Å². The molecule has 0 saturated carbocycles. The second-order valence-corrected chi connectivity index (χ2v) is 6.27. The summed E-state index contributed by atoms with van der Waals surface area (Å²) in [5, 5.41) is 8.39. The van der Waals surface area contributed by atoms with Gasteiger partial charge >= 0.3 is 0 Å². The summed E-state index contributed by atoms with van der Waals surface area (Å²) in [4.78, 5) is 0.104. The van der Waals surface area contributed by atoms with E-state index in [0.717, 1.165) is 16.8 Å².